The number of aldehydes is 1. The second kappa shape index (κ2) is 17.3. The van der Waals surface area contributed by atoms with E-state index in [1.807, 2.05) is 0 Å². The first-order valence-corrected chi connectivity index (χ1v) is 11.4. The summed E-state index contributed by atoms with van der Waals surface area (Å²) < 4.78 is 0. The zero-order valence-electron chi connectivity index (χ0n) is 19.1. The Balaban J connectivity index is 5.05. The predicted octanol–water partition coefficient (Wildman–Crippen LogP) is 1.90. The summed E-state index contributed by atoms with van der Waals surface area (Å²) in [7, 11) is 0. The molecule has 0 saturated carbocycles. The highest BCUT2D eigenvalue weighted by atomic mass is 16.6. The van der Waals surface area contributed by atoms with E-state index in [-0.39, 0.29) is 25.7 Å². The van der Waals surface area contributed by atoms with Crippen molar-refractivity contribution in [1.29, 1.82) is 0 Å². The average Bonchev–Trinajstić information content (AvgIpc) is 2.72. The molecule has 3 N–H and O–H groups in total. The summed E-state index contributed by atoms with van der Waals surface area (Å²) in [6, 6.07) is -5.13. The number of nitrogens with zero attached hydrogens (tertiary/aromatic N) is 3. The molecule has 0 aliphatic rings. The van der Waals surface area contributed by atoms with Crippen molar-refractivity contribution < 1.29 is 34.9 Å². The smallest absolute Gasteiger partial charge is 0.245 e. The van der Waals surface area contributed by atoms with Crippen molar-refractivity contribution in [2.24, 2.45) is 0 Å². The number of carbonyl (C=O) groups is 1. The van der Waals surface area contributed by atoms with Crippen molar-refractivity contribution in [3.63, 3.8) is 0 Å². The van der Waals surface area contributed by atoms with E-state index in [2.05, 4.69) is 6.92 Å². The lowest BCUT2D eigenvalue weighted by Crippen LogP contribution is -2.46. The molecule has 0 aliphatic carbocycles. The molecule has 0 bridgehead atoms. The lowest BCUT2D eigenvalue weighted by atomic mass is 9.91. The molecule has 0 amide bonds. The third-order valence-electron chi connectivity index (χ3n) is 5.79. The molecule has 0 aromatic carbocycles. The fraction of sp³-hybridized carbons (Fsp3) is 0.950. The normalized spacial score (nSPS) is 16.8. The van der Waals surface area contributed by atoms with Crippen LogP contribution in [0.1, 0.15) is 84.0 Å². The van der Waals surface area contributed by atoms with Crippen molar-refractivity contribution in [3.8, 4) is 0 Å². The monoisotopic (exact) mass is 479 g/mol. The number of aliphatic hydroxyl groups excluding tert-OH is 3. The maximum Gasteiger partial charge on any atom is 0.245 e. The summed E-state index contributed by atoms with van der Waals surface area (Å²) in [6.07, 6.45) is -0.609. The van der Waals surface area contributed by atoms with E-state index in [1.54, 1.807) is 0 Å². The number of aliphatic hydroxyl groups is 3. The van der Waals surface area contributed by atoms with Crippen LogP contribution in [0.15, 0.2) is 0 Å². The number of unbranched alkanes of at least 4 members (excludes halogenated alkanes) is 6. The molecule has 192 valence electrons. The molecule has 0 saturated heterocycles. The van der Waals surface area contributed by atoms with Crippen LogP contribution in [0.3, 0.4) is 0 Å². The summed E-state index contributed by atoms with van der Waals surface area (Å²) >= 11 is 0. The Hall–Kier alpha value is -2.25. The topological polar surface area (TPSA) is 207 Å². The first kappa shape index (κ1) is 30.8. The second-order valence-corrected chi connectivity index (χ2v) is 8.39. The lowest BCUT2D eigenvalue weighted by molar-refractivity contribution is -0.574. The molecule has 0 fully saturated rings. The maximum absolute atomic E-state index is 11.5. The van der Waals surface area contributed by atoms with Gasteiger partial charge in [-0.15, -0.1) is 0 Å². The first-order chi connectivity index (χ1) is 15.6. The van der Waals surface area contributed by atoms with Gasteiger partial charge in [0.2, 0.25) is 18.1 Å². The SMILES string of the molecule is CCCCCCCCC(O)C(CC(C(O)CC(O)C(CCCC=O)[N+](=O)[O-])[N+](=O)[O-])[N+](=O)[O-]. The standard InChI is InChI=1S/C20H37N3O10/c1-2-3-4-5-6-7-11-18(25)16(22(30)31)13-17(23(32)33)20(27)14-19(26)15(21(28)29)10-8-9-12-24/h12,15-20,25-27H,2-11,13-14H2,1H3. The van der Waals surface area contributed by atoms with Crippen molar-refractivity contribution in [3.05, 3.63) is 30.3 Å². The minimum atomic E-state index is -1.90. The van der Waals surface area contributed by atoms with E-state index < -0.39 is 64.0 Å². The molecule has 0 rings (SSSR count). The fourth-order valence-electron chi connectivity index (χ4n) is 3.75. The fourth-order valence-corrected chi connectivity index (χ4v) is 3.75. The number of carbonyl (C=O) groups excluding carboxylic acids is 1. The Labute approximate surface area is 192 Å². The summed E-state index contributed by atoms with van der Waals surface area (Å²) in [4.78, 5) is 41.9. The highest BCUT2D eigenvalue weighted by molar-refractivity contribution is 5.48. The van der Waals surface area contributed by atoms with Gasteiger partial charge in [0.25, 0.3) is 0 Å². The summed E-state index contributed by atoms with van der Waals surface area (Å²) in [5.74, 6) is 0. The first-order valence-electron chi connectivity index (χ1n) is 11.4. The molecule has 0 aromatic heterocycles. The summed E-state index contributed by atoms with van der Waals surface area (Å²) in [5, 5.41) is 64.7. The van der Waals surface area contributed by atoms with Crippen molar-refractivity contribution in [1.82, 2.24) is 0 Å². The lowest BCUT2D eigenvalue weighted by Gasteiger charge is -2.23. The van der Waals surface area contributed by atoms with Crippen LogP contribution < -0.4 is 0 Å². The third kappa shape index (κ3) is 12.5. The number of hydrogen-bond donors (Lipinski definition) is 3. The molecule has 6 atom stereocenters. The molecule has 0 heterocycles. The molecule has 0 radical (unpaired) electrons. The van der Waals surface area contributed by atoms with E-state index in [1.165, 1.54) is 0 Å². The molecule has 33 heavy (non-hydrogen) atoms. The Kier molecular flexibility index (Phi) is 16.1. The van der Waals surface area contributed by atoms with E-state index in [0.717, 1.165) is 32.1 Å². The molecule has 13 nitrogen and oxygen atoms in total. The van der Waals surface area contributed by atoms with Gasteiger partial charge in [0.15, 0.2) is 0 Å². The van der Waals surface area contributed by atoms with Crippen molar-refractivity contribution in [2.75, 3.05) is 0 Å². The van der Waals surface area contributed by atoms with E-state index in [4.69, 9.17) is 0 Å². The van der Waals surface area contributed by atoms with Gasteiger partial charge in [-0.1, -0.05) is 45.4 Å². The summed E-state index contributed by atoms with van der Waals surface area (Å²) in [5.41, 5.74) is 0. The van der Waals surface area contributed by atoms with E-state index in [0.29, 0.717) is 12.7 Å². The van der Waals surface area contributed by atoms with Crippen LogP contribution in [0, 0.1) is 30.3 Å². The molecule has 0 aromatic rings. The van der Waals surface area contributed by atoms with Crippen LogP contribution in [0.4, 0.5) is 0 Å². The molecular weight excluding hydrogens is 442 g/mol. The number of hydrogen-bond acceptors (Lipinski definition) is 10. The Morgan fingerprint density at radius 3 is 1.67 bits per heavy atom. The quantitative estimate of drug-likeness (QED) is 0.0942. The highest BCUT2D eigenvalue weighted by Crippen LogP contribution is 2.21. The van der Waals surface area contributed by atoms with E-state index in [9.17, 15) is 50.5 Å². The molecule has 0 aliphatic heterocycles. The van der Waals surface area contributed by atoms with Crippen LogP contribution in [0.5, 0.6) is 0 Å². The Morgan fingerprint density at radius 2 is 1.15 bits per heavy atom. The molecular formula is C20H37N3O10. The highest BCUT2D eigenvalue weighted by Gasteiger charge is 2.43. The second-order valence-electron chi connectivity index (χ2n) is 8.39. The van der Waals surface area contributed by atoms with Gasteiger partial charge < -0.3 is 20.1 Å². The minimum Gasteiger partial charge on any atom is -0.386 e. The molecule has 6 unspecified atom stereocenters. The van der Waals surface area contributed by atoms with Crippen LogP contribution in [-0.4, -0.2) is 72.8 Å². The van der Waals surface area contributed by atoms with Gasteiger partial charge in [0.1, 0.15) is 24.6 Å². The number of rotatable bonds is 21. The molecule has 13 heteroatoms. The van der Waals surface area contributed by atoms with Gasteiger partial charge in [-0.2, -0.15) is 0 Å². The van der Waals surface area contributed by atoms with Crippen molar-refractivity contribution >= 4 is 6.29 Å². The van der Waals surface area contributed by atoms with Crippen LogP contribution in [0.25, 0.3) is 0 Å². The third-order valence-corrected chi connectivity index (χ3v) is 5.79. The van der Waals surface area contributed by atoms with Gasteiger partial charge in [0.05, 0.1) is 6.42 Å². The van der Waals surface area contributed by atoms with Gasteiger partial charge in [-0.25, -0.2) is 0 Å². The molecule has 0 spiro atoms. The Bertz CT molecular complexity index is 607. The van der Waals surface area contributed by atoms with Gasteiger partial charge in [0, 0.05) is 34.0 Å². The summed E-state index contributed by atoms with van der Waals surface area (Å²) in [6.45, 7) is 2.07. The zero-order chi connectivity index (χ0) is 25.4. The van der Waals surface area contributed by atoms with Crippen molar-refractivity contribution in [2.45, 2.75) is 120 Å². The largest absolute Gasteiger partial charge is 0.386 e. The van der Waals surface area contributed by atoms with Gasteiger partial charge in [-0.05, 0) is 12.8 Å². The van der Waals surface area contributed by atoms with Crippen LogP contribution >= 0.6 is 0 Å². The number of nitro groups is 3. The maximum atomic E-state index is 11.5. The van der Waals surface area contributed by atoms with Gasteiger partial charge in [-0.3, -0.25) is 30.3 Å². The van der Waals surface area contributed by atoms with E-state index >= 15 is 0 Å². The van der Waals surface area contributed by atoms with Gasteiger partial charge >= 0.3 is 0 Å². The van der Waals surface area contributed by atoms with Crippen LogP contribution in [-0.2, 0) is 4.79 Å². The average molecular weight is 480 g/mol. The van der Waals surface area contributed by atoms with Crippen LogP contribution in [0.2, 0.25) is 0 Å². The predicted molar refractivity (Wildman–Crippen MR) is 118 cm³/mol. The zero-order valence-corrected chi connectivity index (χ0v) is 19.1. The Morgan fingerprint density at radius 1 is 0.667 bits per heavy atom. The minimum absolute atomic E-state index is 0.0398.